The molecule has 21 heavy (non-hydrogen) atoms. The van der Waals surface area contributed by atoms with Gasteiger partial charge in [-0.3, -0.25) is 4.79 Å². The summed E-state index contributed by atoms with van der Waals surface area (Å²) < 4.78 is 12.9. The topological polar surface area (TPSA) is 52.6 Å². The van der Waals surface area contributed by atoms with Crippen molar-refractivity contribution in [3.05, 3.63) is 35.6 Å². The lowest BCUT2D eigenvalue weighted by Gasteiger charge is -2.34. The number of hydrogen-bond donors (Lipinski definition) is 2. The van der Waals surface area contributed by atoms with E-state index in [1.807, 2.05) is 0 Å². The maximum absolute atomic E-state index is 12.9. The van der Waals surface area contributed by atoms with Gasteiger partial charge in [0.05, 0.1) is 6.10 Å². The number of nitrogens with one attached hydrogen (secondary N) is 1. The van der Waals surface area contributed by atoms with E-state index in [1.54, 1.807) is 19.2 Å². The Hall–Kier alpha value is -1.46. The van der Waals surface area contributed by atoms with Gasteiger partial charge in [-0.05, 0) is 49.5 Å². The molecule has 1 aliphatic rings. The second-order valence-electron chi connectivity index (χ2n) is 5.60. The molecule has 1 amide bonds. The van der Waals surface area contributed by atoms with E-state index in [9.17, 15) is 14.3 Å². The lowest BCUT2D eigenvalue weighted by molar-refractivity contribution is -0.121. The van der Waals surface area contributed by atoms with Gasteiger partial charge in [0.15, 0.2) is 0 Å². The molecule has 1 aromatic carbocycles. The van der Waals surface area contributed by atoms with Crippen molar-refractivity contribution >= 4 is 5.91 Å². The maximum Gasteiger partial charge on any atom is 0.221 e. The molecule has 0 bridgehead atoms. The maximum atomic E-state index is 12.9. The van der Waals surface area contributed by atoms with Crippen LogP contribution in [-0.4, -0.2) is 42.6 Å². The summed E-state index contributed by atoms with van der Waals surface area (Å²) in [7, 11) is 1.65. The van der Waals surface area contributed by atoms with Gasteiger partial charge in [0.1, 0.15) is 5.82 Å². The molecule has 0 spiro atoms. The molecule has 0 radical (unpaired) electrons. The standard InChI is InChI=1S/C16H23FN2O2/c1-18-15(20)8-11-19-9-6-13(7-10-19)16(21)12-2-4-14(17)5-3-12/h2-5,13,16,21H,6-11H2,1H3,(H,18,20). The predicted octanol–water partition coefficient (Wildman–Crippen LogP) is 1.71. The smallest absolute Gasteiger partial charge is 0.221 e. The molecule has 4 nitrogen and oxygen atoms in total. The van der Waals surface area contributed by atoms with Crippen LogP contribution in [0.25, 0.3) is 0 Å². The number of carbonyl (C=O) groups is 1. The molecule has 1 saturated heterocycles. The molecule has 0 aliphatic carbocycles. The van der Waals surface area contributed by atoms with Gasteiger partial charge in [-0.1, -0.05) is 12.1 Å². The van der Waals surface area contributed by atoms with Gasteiger partial charge < -0.3 is 15.3 Å². The highest BCUT2D eigenvalue weighted by Crippen LogP contribution is 2.30. The molecule has 1 aliphatic heterocycles. The first-order valence-corrected chi connectivity index (χ1v) is 7.46. The van der Waals surface area contributed by atoms with Crippen molar-refractivity contribution in [3.8, 4) is 0 Å². The fourth-order valence-corrected chi connectivity index (χ4v) is 2.81. The summed E-state index contributed by atoms with van der Waals surface area (Å²) in [5.74, 6) is -0.0230. The lowest BCUT2D eigenvalue weighted by atomic mass is 9.87. The van der Waals surface area contributed by atoms with Crippen LogP contribution in [0.3, 0.4) is 0 Å². The number of aliphatic hydroxyl groups is 1. The molecular formula is C16H23FN2O2. The predicted molar refractivity (Wildman–Crippen MR) is 79.2 cm³/mol. The van der Waals surface area contributed by atoms with E-state index in [1.165, 1.54) is 12.1 Å². The zero-order valence-corrected chi connectivity index (χ0v) is 12.4. The average molecular weight is 294 g/mol. The number of piperidine rings is 1. The summed E-state index contributed by atoms with van der Waals surface area (Å²) in [6, 6.07) is 6.07. The van der Waals surface area contributed by atoms with Crippen molar-refractivity contribution in [1.82, 2.24) is 10.2 Å². The second-order valence-corrected chi connectivity index (χ2v) is 5.60. The van der Waals surface area contributed by atoms with Crippen LogP contribution in [0.5, 0.6) is 0 Å². The molecule has 1 heterocycles. The van der Waals surface area contributed by atoms with Gasteiger partial charge in [-0.15, -0.1) is 0 Å². The number of rotatable bonds is 5. The van der Waals surface area contributed by atoms with Crippen molar-refractivity contribution in [2.24, 2.45) is 5.92 Å². The molecule has 5 heteroatoms. The van der Waals surface area contributed by atoms with Crippen molar-refractivity contribution in [2.75, 3.05) is 26.7 Å². The zero-order chi connectivity index (χ0) is 15.2. The Balaban J connectivity index is 1.80. The molecular weight excluding hydrogens is 271 g/mol. The number of benzene rings is 1. The molecule has 1 aromatic rings. The van der Waals surface area contributed by atoms with Gasteiger partial charge in [-0.25, -0.2) is 4.39 Å². The first-order chi connectivity index (χ1) is 10.1. The Bertz CT molecular complexity index is 456. The van der Waals surface area contributed by atoms with Crippen LogP contribution in [-0.2, 0) is 4.79 Å². The molecule has 2 rings (SSSR count). The van der Waals surface area contributed by atoms with Crippen molar-refractivity contribution in [3.63, 3.8) is 0 Å². The quantitative estimate of drug-likeness (QED) is 0.869. The Kier molecular flexibility index (Phi) is 5.70. The minimum Gasteiger partial charge on any atom is -0.388 e. The molecule has 0 aromatic heterocycles. The van der Waals surface area contributed by atoms with Gasteiger partial charge in [0.2, 0.25) is 5.91 Å². The summed E-state index contributed by atoms with van der Waals surface area (Å²) >= 11 is 0. The number of hydrogen-bond acceptors (Lipinski definition) is 3. The second kappa shape index (κ2) is 7.52. The highest BCUT2D eigenvalue weighted by Gasteiger charge is 2.26. The molecule has 1 unspecified atom stereocenters. The van der Waals surface area contributed by atoms with Crippen molar-refractivity contribution < 1.29 is 14.3 Å². The van der Waals surface area contributed by atoms with Crippen LogP contribution in [0.1, 0.15) is 30.9 Å². The Morgan fingerprint density at radius 2 is 2.00 bits per heavy atom. The summed E-state index contributed by atoms with van der Waals surface area (Å²) in [6.45, 7) is 2.54. The fourth-order valence-electron chi connectivity index (χ4n) is 2.81. The fraction of sp³-hybridized carbons (Fsp3) is 0.562. The number of amides is 1. The Morgan fingerprint density at radius 1 is 1.38 bits per heavy atom. The first-order valence-electron chi connectivity index (χ1n) is 7.46. The molecule has 1 atom stereocenters. The molecule has 1 fully saturated rings. The number of nitrogens with zero attached hydrogens (tertiary/aromatic N) is 1. The van der Waals surface area contributed by atoms with Crippen LogP contribution in [0, 0.1) is 11.7 Å². The van der Waals surface area contributed by atoms with E-state index in [-0.39, 0.29) is 17.6 Å². The van der Waals surface area contributed by atoms with Gasteiger partial charge in [0, 0.05) is 20.0 Å². The van der Waals surface area contributed by atoms with E-state index in [0.29, 0.717) is 6.42 Å². The highest BCUT2D eigenvalue weighted by atomic mass is 19.1. The van der Waals surface area contributed by atoms with E-state index < -0.39 is 6.10 Å². The largest absolute Gasteiger partial charge is 0.388 e. The van der Waals surface area contributed by atoms with Crippen LogP contribution < -0.4 is 5.32 Å². The third-order valence-corrected chi connectivity index (χ3v) is 4.22. The highest BCUT2D eigenvalue weighted by molar-refractivity contribution is 5.75. The summed E-state index contributed by atoms with van der Waals surface area (Å²) in [5, 5.41) is 13.0. The number of likely N-dealkylation sites (tertiary alicyclic amines) is 1. The first kappa shape index (κ1) is 15.9. The number of halogens is 1. The summed E-state index contributed by atoms with van der Waals surface area (Å²) in [4.78, 5) is 13.5. The third kappa shape index (κ3) is 4.51. The zero-order valence-electron chi connectivity index (χ0n) is 12.4. The average Bonchev–Trinajstić information content (AvgIpc) is 2.53. The summed E-state index contributed by atoms with van der Waals surface area (Å²) in [5.41, 5.74) is 0.778. The summed E-state index contributed by atoms with van der Waals surface area (Å²) in [6.07, 6.45) is 1.77. The van der Waals surface area contributed by atoms with Crippen LogP contribution >= 0.6 is 0 Å². The lowest BCUT2D eigenvalue weighted by Crippen LogP contribution is -2.37. The normalized spacial score (nSPS) is 18.4. The SMILES string of the molecule is CNC(=O)CCN1CCC(C(O)c2ccc(F)cc2)CC1. The van der Waals surface area contributed by atoms with E-state index in [0.717, 1.165) is 38.0 Å². The van der Waals surface area contributed by atoms with Crippen LogP contribution in [0.4, 0.5) is 4.39 Å². The Morgan fingerprint density at radius 3 is 2.57 bits per heavy atom. The van der Waals surface area contributed by atoms with Crippen LogP contribution in [0.15, 0.2) is 24.3 Å². The van der Waals surface area contributed by atoms with Crippen LogP contribution in [0.2, 0.25) is 0 Å². The molecule has 2 N–H and O–H groups in total. The van der Waals surface area contributed by atoms with Gasteiger partial charge >= 0.3 is 0 Å². The molecule has 116 valence electrons. The van der Waals surface area contributed by atoms with E-state index in [2.05, 4.69) is 10.2 Å². The third-order valence-electron chi connectivity index (χ3n) is 4.22. The van der Waals surface area contributed by atoms with Crippen molar-refractivity contribution in [1.29, 1.82) is 0 Å². The van der Waals surface area contributed by atoms with E-state index >= 15 is 0 Å². The van der Waals surface area contributed by atoms with E-state index in [4.69, 9.17) is 0 Å². The number of carbonyl (C=O) groups excluding carboxylic acids is 1. The molecule has 0 saturated carbocycles. The van der Waals surface area contributed by atoms with Gasteiger partial charge in [0.25, 0.3) is 0 Å². The van der Waals surface area contributed by atoms with Crippen molar-refractivity contribution in [2.45, 2.75) is 25.4 Å². The minimum atomic E-state index is -0.535. The number of aliphatic hydroxyl groups excluding tert-OH is 1. The Labute approximate surface area is 125 Å². The van der Waals surface area contributed by atoms with Gasteiger partial charge in [-0.2, -0.15) is 0 Å². The monoisotopic (exact) mass is 294 g/mol. The minimum absolute atomic E-state index is 0.0588.